The Balaban J connectivity index is 2.11. The summed E-state index contributed by atoms with van der Waals surface area (Å²) in [5.41, 5.74) is 0.698. The van der Waals surface area contributed by atoms with Crippen LogP contribution in [0.3, 0.4) is 0 Å². The zero-order valence-corrected chi connectivity index (χ0v) is 10.6. The first-order valence-corrected chi connectivity index (χ1v) is 6.37. The molecule has 2 N–H and O–H groups in total. The molecule has 1 unspecified atom stereocenters. The summed E-state index contributed by atoms with van der Waals surface area (Å²) in [4.78, 5) is 12.1. The monoisotopic (exact) mass is 245 g/mol. The van der Waals surface area contributed by atoms with Gasteiger partial charge < -0.3 is 15.2 Å². The van der Waals surface area contributed by atoms with E-state index >= 15 is 0 Å². The lowest BCUT2D eigenvalue weighted by atomic mass is 10.1. The number of piperidine rings is 1. The van der Waals surface area contributed by atoms with Crippen LogP contribution >= 0.6 is 0 Å². The number of terminal acetylenes is 1. The Labute approximate surface area is 108 Å². The van der Waals surface area contributed by atoms with Gasteiger partial charge in [0.25, 0.3) is 5.91 Å². The Hall–Kier alpha value is -1.73. The second-order valence-electron chi connectivity index (χ2n) is 4.64. The van der Waals surface area contributed by atoms with Gasteiger partial charge in [-0.25, -0.2) is 0 Å². The molecule has 1 fully saturated rings. The predicted molar refractivity (Wildman–Crippen MR) is 71.3 cm³/mol. The quantitative estimate of drug-likeness (QED) is 0.785. The third-order valence-electron chi connectivity index (χ3n) is 3.31. The van der Waals surface area contributed by atoms with E-state index in [-0.39, 0.29) is 11.9 Å². The smallest absolute Gasteiger partial charge is 0.268 e. The highest BCUT2D eigenvalue weighted by molar-refractivity contribution is 5.93. The molecule has 1 aliphatic rings. The van der Waals surface area contributed by atoms with Crippen molar-refractivity contribution in [3.05, 3.63) is 24.0 Å². The molecule has 2 heterocycles. The molecule has 18 heavy (non-hydrogen) atoms. The molecule has 4 nitrogen and oxygen atoms in total. The van der Waals surface area contributed by atoms with Gasteiger partial charge in [-0.05, 0) is 45.0 Å². The molecule has 4 heteroatoms. The molecule has 0 aliphatic carbocycles. The highest BCUT2D eigenvalue weighted by Gasteiger charge is 2.20. The van der Waals surface area contributed by atoms with Gasteiger partial charge in [-0.15, -0.1) is 6.42 Å². The van der Waals surface area contributed by atoms with E-state index in [2.05, 4.69) is 21.1 Å². The number of rotatable bonds is 3. The summed E-state index contributed by atoms with van der Waals surface area (Å²) in [5.74, 6) is 2.41. The van der Waals surface area contributed by atoms with E-state index < -0.39 is 0 Å². The molecule has 0 aromatic carbocycles. The average molecular weight is 245 g/mol. The summed E-state index contributed by atoms with van der Waals surface area (Å²) < 4.78 is 2.07. The van der Waals surface area contributed by atoms with Gasteiger partial charge in [-0.3, -0.25) is 4.79 Å². The molecule has 2 rings (SSSR count). The van der Waals surface area contributed by atoms with Crippen LogP contribution in [-0.2, 0) is 0 Å². The number of nitrogens with one attached hydrogen (secondary N) is 2. The molecule has 1 saturated heterocycles. The number of hydrogen-bond acceptors (Lipinski definition) is 2. The summed E-state index contributed by atoms with van der Waals surface area (Å²) >= 11 is 0. The van der Waals surface area contributed by atoms with E-state index in [9.17, 15) is 4.79 Å². The molecule has 0 spiro atoms. The van der Waals surface area contributed by atoms with Gasteiger partial charge in [0.1, 0.15) is 5.69 Å². The maximum atomic E-state index is 12.1. The lowest BCUT2D eigenvalue weighted by molar-refractivity contribution is 0.0935. The summed E-state index contributed by atoms with van der Waals surface area (Å²) in [5, 5.41) is 6.13. The zero-order valence-electron chi connectivity index (χ0n) is 10.6. The van der Waals surface area contributed by atoms with Crippen LogP contribution in [0.1, 0.15) is 36.3 Å². The van der Waals surface area contributed by atoms with E-state index in [4.69, 9.17) is 6.42 Å². The fourth-order valence-electron chi connectivity index (χ4n) is 2.30. The number of carbonyl (C=O) groups is 1. The molecule has 1 aromatic rings. The van der Waals surface area contributed by atoms with Crippen molar-refractivity contribution in [1.82, 2.24) is 15.2 Å². The highest BCUT2D eigenvalue weighted by atomic mass is 16.2. The van der Waals surface area contributed by atoms with Crippen LogP contribution in [-0.4, -0.2) is 29.6 Å². The molecular formula is C14H19N3O. The fourth-order valence-corrected chi connectivity index (χ4v) is 2.30. The topological polar surface area (TPSA) is 46.1 Å². The molecule has 1 amide bonds. The van der Waals surface area contributed by atoms with E-state index in [1.165, 1.54) is 0 Å². The van der Waals surface area contributed by atoms with Gasteiger partial charge in [-0.2, -0.15) is 0 Å². The molecule has 1 aliphatic heterocycles. The average Bonchev–Trinajstić information content (AvgIpc) is 2.88. The zero-order chi connectivity index (χ0) is 13.0. The van der Waals surface area contributed by atoms with E-state index in [0.717, 1.165) is 25.9 Å². The first-order chi connectivity index (χ1) is 8.72. The number of amides is 1. The molecular weight excluding hydrogens is 226 g/mol. The lowest BCUT2D eigenvalue weighted by Crippen LogP contribution is -2.35. The third kappa shape index (κ3) is 2.74. The van der Waals surface area contributed by atoms with Crippen molar-refractivity contribution in [2.45, 2.75) is 31.8 Å². The molecule has 0 radical (unpaired) electrons. The number of aromatic nitrogens is 1. The van der Waals surface area contributed by atoms with Gasteiger partial charge in [0.05, 0.1) is 6.04 Å². The molecule has 0 saturated carbocycles. The Morgan fingerprint density at radius 1 is 1.61 bits per heavy atom. The van der Waals surface area contributed by atoms with Crippen molar-refractivity contribution in [2.24, 2.45) is 0 Å². The Morgan fingerprint density at radius 3 is 3.00 bits per heavy atom. The second-order valence-corrected chi connectivity index (χ2v) is 4.64. The summed E-state index contributed by atoms with van der Waals surface area (Å²) in [6, 6.07) is 3.93. The standard InChI is InChI=1S/C14H19N3O/c1-3-11(2)16-14(18)13-5-4-10-17(13)12-6-8-15-9-7-12/h1,4-5,10-12,15H,6-9H2,2H3,(H,16,18). The minimum Gasteiger partial charge on any atom is -0.340 e. The van der Waals surface area contributed by atoms with Crippen molar-refractivity contribution < 1.29 is 4.79 Å². The lowest BCUT2D eigenvalue weighted by Gasteiger charge is -2.26. The summed E-state index contributed by atoms with van der Waals surface area (Å²) in [6.45, 7) is 3.81. The van der Waals surface area contributed by atoms with Crippen molar-refractivity contribution >= 4 is 5.91 Å². The van der Waals surface area contributed by atoms with Crippen LogP contribution in [0.5, 0.6) is 0 Å². The van der Waals surface area contributed by atoms with E-state index in [1.54, 1.807) is 6.92 Å². The summed E-state index contributed by atoms with van der Waals surface area (Å²) in [7, 11) is 0. The van der Waals surface area contributed by atoms with E-state index in [1.807, 2.05) is 18.3 Å². The summed E-state index contributed by atoms with van der Waals surface area (Å²) in [6.07, 6.45) is 9.36. The Morgan fingerprint density at radius 2 is 2.33 bits per heavy atom. The second kappa shape index (κ2) is 5.74. The maximum absolute atomic E-state index is 12.1. The van der Waals surface area contributed by atoms with Crippen molar-refractivity contribution in [1.29, 1.82) is 0 Å². The van der Waals surface area contributed by atoms with Crippen LogP contribution < -0.4 is 10.6 Å². The Bertz CT molecular complexity index is 452. The van der Waals surface area contributed by atoms with Gasteiger partial charge >= 0.3 is 0 Å². The Kier molecular flexibility index (Phi) is 4.06. The minimum absolute atomic E-state index is 0.0935. The molecule has 1 atom stereocenters. The van der Waals surface area contributed by atoms with E-state index in [0.29, 0.717) is 11.7 Å². The van der Waals surface area contributed by atoms with Crippen LogP contribution in [0.4, 0.5) is 0 Å². The molecule has 1 aromatic heterocycles. The first kappa shape index (κ1) is 12.7. The largest absolute Gasteiger partial charge is 0.340 e. The van der Waals surface area contributed by atoms with Crippen LogP contribution in [0.2, 0.25) is 0 Å². The minimum atomic E-state index is -0.242. The fraction of sp³-hybridized carbons (Fsp3) is 0.500. The normalized spacial score (nSPS) is 18.0. The maximum Gasteiger partial charge on any atom is 0.268 e. The van der Waals surface area contributed by atoms with Crippen LogP contribution in [0.15, 0.2) is 18.3 Å². The van der Waals surface area contributed by atoms with Gasteiger partial charge in [0.2, 0.25) is 0 Å². The molecule has 0 bridgehead atoms. The van der Waals surface area contributed by atoms with Crippen LogP contribution in [0, 0.1) is 12.3 Å². The first-order valence-electron chi connectivity index (χ1n) is 6.37. The van der Waals surface area contributed by atoms with Gasteiger partial charge in [-0.1, -0.05) is 5.92 Å². The van der Waals surface area contributed by atoms with Gasteiger partial charge in [0, 0.05) is 12.2 Å². The van der Waals surface area contributed by atoms with Crippen molar-refractivity contribution in [3.63, 3.8) is 0 Å². The third-order valence-corrected chi connectivity index (χ3v) is 3.31. The van der Waals surface area contributed by atoms with Crippen LogP contribution in [0.25, 0.3) is 0 Å². The predicted octanol–water partition coefficient (Wildman–Crippen LogP) is 1.16. The molecule has 96 valence electrons. The van der Waals surface area contributed by atoms with Crippen molar-refractivity contribution in [2.75, 3.05) is 13.1 Å². The number of carbonyl (C=O) groups excluding carboxylic acids is 1. The number of nitrogens with zero attached hydrogens (tertiary/aromatic N) is 1. The van der Waals surface area contributed by atoms with Crippen molar-refractivity contribution in [3.8, 4) is 12.3 Å². The van der Waals surface area contributed by atoms with Gasteiger partial charge in [0.15, 0.2) is 0 Å². The number of hydrogen-bond donors (Lipinski definition) is 2. The highest BCUT2D eigenvalue weighted by Crippen LogP contribution is 2.21. The SMILES string of the molecule is C#CC(C)NC(=O)c1cccn1C1CCNCC1.